The van der Waals surface area contributed by atoms with Crippen molar-refractivity contribution in [2.45, 2.75) is 32.8 Å². The number of aryl methyl sites for hydroxylation is 2. The molecule has 1 atom stereocenters. The Morgan fingerprint density at radius 3 is 2.57 bits per heavy atom. The first-order valence-electron chi connectivity index (χ1n) is 9.52. The van der Waals surface area contributed by atoms with Gasteiger partial charge in [0.2, 0.25) is 0 Å². The second-order valence-electron chi connectivity index (χ2n) is 6.95. The van der Waals surface area contributed by atoms with Gasteiger partial charge < -0.3 is 20.1 Å². The van der Waals surface area contributed by atoms with Crippen molar-refractivity contribution in [3.05, 3.63) is 59.2 Å². The summed E-state index contributed by atoms with van der Waals surface area (Å²) in [6, 6.07) is 12.8. The van der Waals surface area contributed by atoms with E-state index in [2.05, 4.69) is 10.6 Å². The Balaban J connectivity index is 1.59. The minimum Gasteiger partial charge on any atom is -0.483 e. The second kappa shape index (κ2) is 9.37. The van der Waals surface area contributed by atoms with Gasteiger partial charge in [-0.3, -0.25) is 9.59 Å². The predicted octanol–water partition coefficient (Wildman–Crippen LogP) is 3.23. The third kappa shape index (κ3) is 5.10. The van der Waals surface area contributed by atoms with Crippen LogP contribution in [-0.2, 0) is 9.53 Å². The van der Waals surface area contributed by atoms with Crippen molar-refractivity contribution in [3.63, 3.8) is 0 Å². The first kappa shape index (κ1) is 19.9. The van der Waals surface area contributed by atoms with E-state index in [1.54, 1.807) is 24.3 Å². The molecule has 1 aliphatic rings. The van der Waals surface area contributed by atoms with Crippen LogP contribution >= 0.6 is 0 Å². The highest BCUT2D eigenvalue weighted by atomic mass is 16.5. The fourth-order valence-corrected chi connectivity index (χ4v) is 3.25. The molecule has 2 amide bonds. The molecular weight excluding hydrogens is 356 g/mol. The molecule has 0 bridgehead atoms. The van der Waals surface area contributed by atoms with Gasteiger partial charge in [0.25, 0.3) is 11.8 Å². The molecule has 2 aromatic carbocycles. The van der Waals surface area contributed by atoms with E-state index in [-0.39, 0.29) is 24.5 Å². The summed E-state index contributed by atoms with van der Waals surface area (Å²) in [5.41, 5.74) is 2.83. The molecular formula is C22H26N2O4. The molecule has 2 N–H and O–H groups in total. The van der Waals surface area contributed by atoms with Crippen LogP contribution in [0.15, 0.2) is 42.5 Å². The van der Waals surface area contributed by atoms with E-state index in [0.717, 1.165) is 30.6 Å². The molecule has 0 saturated carbocycles. The molecule has 0 spiro atoms. The van der Waals surface area contributed by atoms with Gasteiger partial charge in [-0.1, -0.05) is 30.3 Å². The van der Waals surface area contributed by atoms with Crippen molar-refractivity contribution in [2.24, 2.45) is 0 Å². The van der Waals surface area contributed by atoms with Gasteiger partial charge in [0, 0.05) is 13.2 Å². The fraction of sp³-hybridized carbons (Fsp3) is 0.364. The zero-order valence-electron chi connectivity index (χ0n) is 16.3. The summed E-state index contributed by atoms with van der Waals surface area (Å²) >= 11 is 0. The lowest BCUT2D eigenvalue weighted by Crippen LogP contribution is -2.32. The summed E-state index contributed by atoms with van der Waals surface area (Å²) in [4.78, 5) is 24.9. The SMILES string of the molecule is Cc1cccc(C)c1OCC(=O)Nc1ccccc1C(=O)NCC1CCCO1. The number of para-hydroxylation sites is 2. The lowest BCUT2D eigenvalue weighted by atomic mass is 10.1. The molecule has 1 aliphatic heterocycles. The van der Waals surface area contributed by atoms with Crippen molar-refractivity contribution >= 4 is 17.5 Å². The minimum atomic E-state index is -0.318. The summed E-state index contributed by atoms with van der Waals surface area (Å²) in [5.74, 6) is 0.157. The van der Waals surface area contributed by atoms with Crippen LogP contribution in [-0.4, -0.2) is 37.7 Å². The highest BCUT2D eigenvalue weighted by molar-refractivity contribution is 6.04. The molecule has 0 aliphatic carbocycles. The summed E-state index contributed by atoms with van der Waals surface area (Å²) in [7, 11) is 0. The Morgan fingerprint density at radius 1 is 1.11 bits per heavy atom. The number of benzene rings is 2. The highest BCUT2D eigenvalue weighted by Gasteiger charge is 2.18. The van der Waals surface area contributed by atoms with E-state index >= 15 is 0 Å². The largest absolute Gasteiger partial charge is 0.483 e. The number of carbonyl (C=O) groups excluding carboxylic acids is 2. The zero-order valence-corrected chi connectivity index (χ0v) is 16.3. The van der Waals surface area contributed by atoms with Gasteiger partial charge in [0.05, 0.1) is 17.4 Å². The summed E-state index contributed by atoms with van der Waals surface area (Å²) < 4.78 is 11.2. The van der Waals surface area contributed by atoms with E-state index in [1.807, 2.05) is 32.0 Å². The molecule has 28 heavy (non-hydrogen) atoms. The second-order valence-corrected chi connectivity index (χ2v) is 6.95. The Kier molecular flexibility index (Phi) is 6.66. The van der Waals surface area contributed by atoms with Gasteiger partial charge in [-0.25, -0.2) is 0 Å². The van der Waals surface area contributed by atoms with Gasteiger partial charge >= 0.3 is 0 Å². The number of ether oxygens (including phenoxy) is 2. The molecule has 1 heterocycles. The molecule has 1 saturated heterocycles. The molecule has 148 valence electrons. The van der Waals surface area contributed by atoms with Crippen LogP contribution in [0.25, 0.3) is 0 Å². The van der Waals surface area contributed by atoms with Gasteiger partial charge in [0.15, 0.2) is 6.61 Å². The normalized spacial score (nSPS) is 15.9. The average molecular weight is 382 g/mol. The van der Waals surface area contributed by atoms with E-state index in [1.165, 1.54) is 0 Å². The van der Waals surface area contributed by atoms with Crippen LogP contribution in [0.5, 0.6) is 5.75 Å². The molecule has 1 unspecified atom stereocenters. The van der Waals surface area contributed by atoms with E-state index in [0.29, 0.717) is 23.5 Å². The van der Waals surface area contributed by atoms with Gasteiger partial charge in [-0.05, 0) is 49.9 Å². The number of amides is 2. The van der Waals surface area contributed by atoms with E-state index in [9.17, 15) is 9.59 Å². The van der Waals surface area contributed by atoms with Crippen molar-refractivity contribution in [2.75, 3.05) is 25.1 Å². The maximum absolute atomic E-state index is 12.5. The van der Waals surface area contributed by atoms with Crippen LogP contribution in [0.4, 0.5) is 5.69 Å². The van der Waals surface area contributed by atoms with E-state index < -0.39 is 0 Å². The Labute approximate surface area is 165 Å². The fourth-order valence-electron chi connectivity index (χ4n) is 3.25. The summed E-state index contributed by atoms with van der Waals surface area (Å²) in [6.45, 7) is 4.96. The molecule has 0 radical (unpaired) electrons. The van der Waals surface area contributed by atoms with E-state index in [4.69, 9.17) is 9.47 Å². The summed E-state index contributed by atoms with van der Waals surface area (Å²) in [5, 5.41) is 5.65. The van der Waals surface area contributed by atoms with Crippen LogP contribution < -0.4 is 15.4 Å². The van der Waals surface area contributed by atoms with Gasteiger partial charge in [0.1, 0.15) is 5.75 Å². The van der Waals surface area contributed by atoms with Crippen molar-refractivity contribution in [3.8, 4) is 5.75 Å². The minimum absolute atomic E-state index is 0.0662. The number of nitrogens with one attached hydrogen (secondary N) is 2. The first-order chi connectivity index (χ1) is 13.5. The Bertz CT molecular complexity index is 824. The van der Waals surface area contributed by atoms with Crippen molar-refractivity contribution in [1.29, 1.82) is 0 Å². The first-order valence-corrected chi connectivity index (χ1v) is 9.52. The van der Waals surface area contributed by atoms with Gasteiger partial charge in [-0.2, -0.15) is 0 Å². The molecule has 1 fully saturated rings. The van der Waals surface area contributed by atoms with Crippen LogP contribution in [0.1, 0.15) is 34.3 Å². The monoisotopic (exact) mass is 382 g/mol. The third-order valence-electron chi connectivity index (χ3n) is 4.72. The van der Waals surface area contributed by atoms with Gasteiger partial charge in [-0.15, -0.1) is 0 Å². The topological polar surface area (TPSA) is 76.7 Å². The number of anilines is 1. The molecule has 0 aromatic heterocycles. The van der Waals surface area contributed by atoms with Crippen LogP contribution in [0, 0.1) is 13.8 Å². The van der Waals surface area contributed by atoms with Crippen LogP contribution in [0.2, 0.25) is 0 Å². The standard InChI is InChI=1S/C22H26N2O4/c1-15-7-5-8-16(2)21(15)28-14-20(25)24-19-11-4-3-10-18(19)22(26)23-13-17-9-6-12-27-17/h3-5,7-8,10-11,17H,6,9,12-14H2,1-2H3,(H,23,26)(H,24,25). The third-order valence-corrected chi connectivity index (χ3v) is 4.72. The number of hydrogen-bond acceptors (Lipinski definition) is 4. The quantitative estimate of drug-likeness (QED) is 0.771. The maximum Gasteiger partial charge on any atom is 0.262 e. The zero-order chi connectivity index (χ0) is 19.9. The maximum atomic E-state index is 12.5. The molecule has 3 rings (SSSR count). The average Bonchev–Trinajstić information content (AvgIpc) is 3.20. The predicted molar refractivity (Wildman–Crippen MR) is 108 cm³/mol. The number of carbonyl (C=O) groups is 2. The number of hydrogen-bond donors (Lipinski definition) is 2. The van der Waals surface area contributed by atoms with Crippen molar-refractivity contribution < 1.29 is 19.1 Å². The van der Waals surface area contributed by atoms with Crippen molar-refractivity contribution in [1.82, 2.24) is 5.32 Å². The molecule has 6 heteroatoms. The highest BCUT2D eigenvalue weighted by Crippen LogP contribution is 2.22. The Hall–Kier alpha value is -2.86. The lowest BCUT2D eigenvalue weighted by Gasteiger charge is -2.15. The molecule has 2 aromatic rings. The van der Waals surface area contributed by atoms with Crippen LogP contribution in [0.3, 0.4) is 0 Å². The Morgan fingerprint density at radius 2 is 1.86 bits per heavy atom. The number of rotatable bonds is 7. The molecule has 6 nitrogen and oxygen atoms in total. The summed E-state index contributed by atoms with van der Waals surface area (Å²) in [6.07, 6.45) is 2.04. The smallest absolute Gasteiger partial charge is 0.262 e. The lowest BCUT2D eigenvalue weighted by molar-refractivity contribution is -0.118.